The van der Waals surface area contributed by atoms with Gasteiger partial charge in [-0.25, -0.2) is 19.2 Å². The number of urea groups is 1. The highest BCUT2D eigenvalue weighted by Gasteiger charge is 2.45. The molecule has 0 radical (unpaired) electrons. The highest BCUT2D eigenvalue weighted by atomic mass is 32.2. The van der Waals surface area contributed by atoms with Crippen LogP contribution in [0.3, 0.4) is 0 Å². The summed E-state index contributed by atoms with van der Waals surface area (Å²) in [5.41, 5.74) is 16.6. The Labute approximate surface area is 447 Å². The smallest absolute Gasteiger partial charge is 0.312 e. The zero-order valence-corrected chi connectivity index (χ0v) is 44.5. The number of carbonyl (C=O) groups is 6. The first-order chi connectivity index (χ1) is 36.6. The average molecular weight is 1080 g/mol. The van der Waals surface area contributed by atoms with Gasteiger partial charge in [0.2, 0.25) is 29.6 Å². The van der Waals surface area contributed by atoms with E-state index in [0.717, 1.165) is 21.7 Å². The van der Waals surface area contributed by atoms with Crippen LogP contribution in [0.2, 0.25) is 0 Å². The largest absolute Gasteiger partial charge is 0.488 e. The van der Waals surface area contributed by atoms with Crippen molar-refractivity contribution in [3.8, 4) is 17.6 Å². The summed E-state index contributed by atoms with van der Waals surface area (Å²) in [5, 5.41) is 36.7. The van der Waals surface area contributed by atoms with Crippen LogP contribution in [0.5, 0.6) is 5.75 Å². The molecule has 7 rings (SSSR count). The standard InChI is InChI=1S/C53H68N12O11S/c1-31(2)46(61-42(67)10-6-5-7-22-64-43(68)19-20-44(64)69)41(66)26-34(9-8-21-57-53(55)73)51(72)60-37-15-12-33(13-16-37)28-63-30-58-50(54)45-35(14-17-38-32(3)11-18-39-49(38)76-24-23-62(39)4)29-65(52(45)63)40-25-36(47(70)48(40)71)27-59-77(56,74)75/h11-13,15-16,18-20,29-31,34,36,40,46-48,54,59,70-71H,5-10,21-28H2,1-4H3,(H7,55,56,57,60,61,67,72,73,74,75)/p+1/t34-,36-,40-,46+,47+,48-/m0/s1. The van der Waals surface area contributed by atoms with E-state index in [4.69, 9.17) is 21.3 Å². The Morgan fingerprint density at radius 2 is 1.71 bits per heavy atom. The minimum Gasteiger partial charge on any atom is -0.488 e. The molecule has 4 aromatic rings. The predicted octanol–water partition coefficient (Wildman–Crippen LogP) is 1.16. The van der Waals surface area contributed by atoms with E-state index in [1.165, 1.54) is 12.2 Å². The summed E-state index contributed by atoms with van der Waals surface area (Å²) in [6.07, 6.45) is 5.29. The molecule has 4 heterocycles. The number of benzene rings is 2. The number of hydrogen-bond acceptors (Lipinski definition) is 14. The monoisotopic (exact) mass is 1080 g/mol. The van der Waals surface area contributed by atoms with Crippen LogP contribution in [0.15, 0.2) is 61.1 Å². The van der Waals surface area contributed by atoms with Crippen molar-refractivity contribution >= 4 is 73.9 Å². The van der Waals surface area contributed by atoms with E-state index in [-0.39, 0.29) is 87.1 Å². The predicted molar refractivity (Wildman–Crippen MR) is 286 cm³/mol. The van der Waals surface area contributed by atoms with Crippen LogP contribution in [0.25, 0.3) is 11.0 Å². The number of aliphatic hydroxyl groups is 2. The van der Waals surface area contributed by atoms with Crippen LogP contribution < -0.4 is 51.5 Å². The summed E-state index contributed by atoms with van der Waals surface area (Å²) in [4.78, 5) is 83.9. The summed E-state index contributed by atoms with van der Waals surface area (Å²) < 4.78 is 35.6. The summed E-state index contributed by atoms with van der Waals surface area (Å²) >= 11 is 0. The van der Waals surface area contributed by atoms with Gasteiger partial charge in [-0.05, 0) is 74.3 Å². The van der Waals surface area contributed by atoms with Crippen molar-refractivity contribution in [2.75, 3.05) is 55.8 Å². The zero-order valence-electron chi connectivity index (χ0n) is 43.7. The van der Waals surface area contributed by atoms with Gasteiger partial charge in [-0.1, -0.05) is 55.3 Å². The number of nitrogens with two attached hydrogens (primary N) is 3. The van der Waals surface area contributed by atoms with E-state index in [9.17, 15) is 47.4 Å². The van der Waals surface area contributed by atoms with E-state index in [1.54, 1.807) is 55.2 Å². The third-order valence-electron chi connectivity index (χ3n) is 14.2. The third-order valence-corrected chi connectivity index (χ3v) is 14.8. The molecule has 2 aromatic carbocycles. The lowest BCUT2D eigenvalue weighted by Gasteiger charge is -2.28. The number of fused-ring (bicyclic) bond motifs is 2. The normalized spacial score (nSPS) is 18.9. The lowest BCUT2D eigenvalue weighted by atomic mass is 9.89. The van der Waals surface area contributed by atoms with Gasteiger partial charge >= 0.3 is 6.03 Å². The maximum atomic E-state index is 14.0. The number of aliphatic hydroxyl groups excluding tert-OH is 2. The second-order valence-electron chi connectivity index (χ2n) is 20.2. The number of nitrogen functional groups attached to an aromatic ring is 1. The van der Waals surface area contributed by atoms with Crippen LogP contribution in [-0.4, -0.2) is 127 Å². The van der Waals surface area contributed by atoms with Crippen molar-refractivity contribution in [1.29, 1.82) is 0 Å². The number of carbonyl (C=O) groups excluding carboxylic acids is 6. The number of likely N-dealkylation sites (N-methyl/N-ethyl adjacent to an activating group) is 1. The van der Waals surface area contributed by atoms with Crippen molar-refractivity contribution in [3.05, 3.63) is 83.3 Å². The Balaban J connectivity index is 1.09. The molecule has 24 heteroatoms. The molecule has 12 N–H and O–H groups in total. The Bertz CT molecular complexity index is 3080. The molecule has 2 aromatic heterocycles. The van der Waals surface area contributed by atoms with Gasteiger partial charge < -0.3 is 47.3 Å². The van der Waals surface area contributed by atoms with Crippen LogP contribution in [0.1, 0.15) is 93.5 Å². The zero-order chi connectivity index (χ0) is 55.7. The van der Waals surface area contributed by atoms with E-state index in [2.05, 4.69) is 42.4 Å². The first kappa shape index (κ1) is 57.3. The topological polar surface area (TPSA) is 341 Å². The van der Waals surface area contributed by atoms with Gasteiger partial charge in [0.05, 0.1) is 48.2 Å². The molecule has 1 saturated carbocycles. The van der Waals surface area contributed by atoms with Gasteiger partial charge in [-0.2, -0.15) is 8.42 Å². The van der Waals surface area contributed by atoms with E-state index in [0.29, 0.717) is 72.4 Å². The van der Waals surface area contributed by atoms with Crippen molar-refractivity contribution in [2.24, 2.45) is 28.6 Å². The van der Waals surface area contributed by atoms with Crippen LogP contribution in [0.4, 0.5) is 22.0 Å². The summed E-state index contributed by atoms with van der Waals surface area (Å²) in [6.45, 7) is 7.14. The second kappa shape index (κ2) is 25.2. The maximum Gasteiger partial charge on any atom is 0.312 e. The lowest BCUT2D eigenvalue weighted by Crippen LogP contribution is -2.45. The molecule has 0 unspecified atom stereocenters. The molecule has 0 saturated heterocycles. The average Bonchev–Trinajstić information content (AvgIpc) is 4.05. The Hall–Kier alpha value is -7.43. The third kappa shape index (κ3) is 14.3. The molecule has 6 amide bonds. The number of anilines is 3. The van der Waals surface area contributed by atoms with Crippen molar-refractivity contribution in [1.82, 2.24) is 29.8 Å². The Morgan fingerprint density at radius 3 is 2.40 bits per heavy atom. The number of ketones is 1. The van der Waals surface area contributed by atoms with E-state index >= 15 is 0 Å². The van der Waals surface area contributed by atoms with Gasteiger partial charge in [-0.15, -0.1) is 0 Å². The molecule has 6 atom stereocenters. The molecular formula is C53H69N12O11S+. The summed E-state index contributed by atoms with van der Waals surface area (Å²) in [5.74, 6) is 3.72. The highest BCUT2D eigenvalue weighted by molar-refractivity contribution is 7.87. The second-order valence-corrected chi connectivity index (χ2v) is 21.6. The summed E-state index contributed by atoms with van der Waals surface area (Å²) in [6, 6.07) is 8.58. The maximum absolute atomic E-state index is 14.0. The number of rotatable bonds is 23. The molecule has 77 heavy (non-hydrogen) atoms. The molecule has 412 valence electrons. The molecule has 1 fully saturated rings. The number of Topliss-reactive ketones (excluding diaryl/α,β-unsaturated/α-hetero) is 1. The first-order valence-corrected chi connectivity index (χ1v) is 27.2. The quantitative estimate of drug-likeness (QED) is 0.0218. The fraction of sp³-hybridized carbons (Fsp3) is 0.472. The molecule has 2 aliphatic heterocycles. The van der Waals surface area contributed by atoms with Crippen molar-refractivity contribution in [2.45, 2.75) is 103 Å². The number of unbranched alkanes of at least 4 members (excludes halogenated alkanes) is 2. The van der Waals surface area contributed by atoms with Gasteiger partial charge in [0.15, 0.2) is 11.5 Å². The van der Waals surface area contributed by atoms with Gasteiger partial charge in [0.1, 0.15) is 24.1 Å². The number of amides is 6. The molecular weight excluding hydrogens is 1010 g/mol. The van der Waals surface area contributed by atoms with Crippen molar-refractivity contribution < 1.29 is 56.7 Å². The fourth-order valence-corrected chi connectivity index (χ4v) is 10.5. The number of aryl methyl sites for hydroxylation is 1. The number of nitrogens with one attached hydrogen (secondary N) is 4. The minimum atomic E-state index is -4.09. The van der Waals surface area contributed by atoms with Crippen LogP contribution >= 0.6 is 0 Å². The molecule has 1 aliphatic carbocycles. The number of aromatic nitrogens is 3. The highest BCUT2D eigenvalue weighted by Crippen LogP contribution is 2.39. The molecule has 3 aliphatic rings. The van der Waals surface area contributed by atoms with E-state index < -0.39 is 58.3 Å². The number of imide groups is 1. The lowest BCUT2D eigenvalue weighted by molar-refractivity contribution is -0.668. The van der Waals surface area contributed by atoms with Crippen LogP contribution in [0, 0.1) is 36.5 Å². The van der Waals surface area contributed by atoms with Gasteiger partial charge in [-0.3, -0.25) is 33.4 Å². The minimum absolute atomic E-state index is 0.123. The number of primary amides is 1. The number of nitrogens with zero attached hydrogens (tertiary/aromatic N) is 5. The fourth-order valence-electron chi connectivity index (χ4n) is 10.0. The molecule has 0 spiro atoms. The van der Waals surface area contributed by atoms with Crippen molar-refractivity contribution in [3.63, 3.8) is 0 Å². The van der Waals surface area contributed by atoms with Gasteiger partial charge in [0, 0.05) is 69.2 Å². The molecule has 0 bridgehead atoms. The number of hydrogen-bond donors (Lipinski definition) is 9. The van der Waals surface area contributed by atoms with E-state index in [1.807, 2.05) is 30.7 Å². The summed E-state index contributed by atoms with van der Waals surface area (Å²) in [7, 11) is -2.11. The van der Waals surface area contributed by atoms with Gasteiger partial charge in [0.25, 0.3) is 22.0 Å². The van der Waals surface area contributed by atoms with Crippen LogP contribution in [-0.2, 0) is 40.7 Å². The number of ether oxygens (including phenoxy) is 1. The SMILES string of the molecule is Cc1ccc2c(c1C#Cc1cn([C@H]3C[C@@H](CNS(N)(=O)=O)[C@@H](O)[C@H]3O)c3c1c(N)nc[n+]3Cc1ccc(NC(=O)[C@@H](CCCNC(N)=O)CC(=O)[C@H](NC(=O)CCCCCN3C(=O)C=CC3=O)C(C)C)cc1)OCCN2C. The Morgan fingerprint density at radius 1 is 0.987 bits per heavy atom. The molecule has 23 nitrogen and oxygen atoms in total. The first-order valence-electron chi connectivity index (χ1n) is 25.7. The Kier molecular flexibility index (Phi) is 18.7.